The maximum Gasteiger partial charge on any atom is 0.308 e. The molecule has 0 aromatic heterocycles. The lowest BCUT2D eigenvalue weighted by Crippen LogP contribution is -2.45. The first-order valence-electron chi connectivity index (χ1n) is 7.10. The van der Waals surface area contributed by atoms with Gasteiger partial charge in [-0.15, -0.1) is 0 Å². The van der Waals surface area contributed by atoms with E-state index in [1.807, 2.05) is 26.0 Å². The van der Waals surface area contributed by atoms with Crippen molar-refractivity contribution in [3.8, 4) is 0 Å². The molecule has 2 rings (SSSR count). The van der Waals surface area contributed by atoms with Crippen LogP contribution in [0.5, 0.6) is 0 Å². The number of carbonyl (C=O) groups excluding carboxylic acids is 1. The molecule has 1 fully saturated rings. The first kappa shape index (κ1) is 14.6. The van der Waals surface area contributed by atoms with Gasteiger partial charge in [-0.3, -0.25) is 9.59 Å². The number of nitrogens with one attached hydrogen (secondary N) is 1. The van der Waals surface area contributed by atoms with E-state index < -0.39 is 11.9 Å². The van der Waals surface area contributed by atoms with Crippen molar-refractivity contribution in [2.75, 3.05) is 0 Å². The summed E-state index contributed by atoms with van der Waals surface area (Å²) in [5.41, 5.74) is 2.66. The molecule has 0 aliphatic heterocycles. The van der Waals surface area contributed by atoms with E-state index in [9.17, 15) is 14.7 Å². The number of hydrogen-bond donors (Lipinski definition) is 2. The summed E-state index contributed by atoms with van der Waals surface area (Å²) in [4.78, 5) is 23.6. The van der Waals surface area contributed by atoms with Crippen molar-refractivity contribution in [1.29, 1.82) is 0 Å². The van der Waals surface area contributed by atoms with Crippen molar-refractivity contribution in [3.05, 3.63) is 34.9 Å². The van der Waals surface area contributed by atoms with Gasteiger partial charge in [0.2, 0.25) is 0 Å². The van der Waals surface area contributed by atoms with Gasteiger partial charge in [0.25, 0.3) is 5.91 Å². The van der Waals surface area contributed by atoms with Crippen molar-refractivity contribution in [2.45, 2.75) is 45.6 Å². The molecule has 0 bridgehead atoms. The molecule has 2 unspecified atom stereocenters. The van der Waals surface area contributed by atoms with Crippen LogP contribution < -0.4 is 5.32 Å². The molecule has 1 aliphatic carbocycles. The van der Waals surface area contributed by atoms with Gasteiger partial charge in [-0.2, -0.15) is 0 Å². The van der Waals surface area contributed by atoms with Crippen LogP contribution in [0.15, 0.2) is 18.2 Å². The molecule has 2 N–H and O–H groups in total. The molecule has 1 aromatic carbocycles. The van der Waals surface area contributed by atoms with Gasteiger partial charge in [0, 0.05) is 11.6 Å². The summed E-state index contributed by atoms with van der Waals surface area (Å²) in [7, 11) is 0. The summed E-state index contributed by atoms with van der Waals surface area (Å²) < 4.78 is 0. The van der Waals surface area contributed by atoms with Crippen molar-refractivity contribution in [3.63, 3.8) is 0 Å². The van der Waals surface area contributed by atoms with Gasteiger partial charge in [0.15, 0.2) is 0 Å². The van der Waals surface area contributed by atoms with Crippen molar-refractivity contribution in [1.82, 2.24) is 5.32 Å². The Morgan fingerprint density at radius 3 is 2.55 bits per heavy atom. The second-order valence-corrected chi connectivity index (χ2v) is 5.63. The normalized spacial score (nSPS) is 22.3. The number of hydrogen-bond acceptors (Lipinski definition) is 2. The largest absolute Gasteiger partial charge is 0.481 e. The maximum atomic E-state index is 12.3. The van der Waals surface area contributed by atoms with Crippen LogP contribution in [-0.2, 0) is 4.79 Å². The van der Waals surface area contributed by atoms with Crippen LogP contribution in [0.25, 0.3) is 0 Å². The Balaban J connectivity index is 2.11. The quantitative estimate of drug-likeness (QED) is 0.891. The summed E-state index contributed by atoms with van der Waals surface area (Å²) in [6.45, 7) is 3.88. The highest BCUT2D eigenvalue weighted by Crippen LogP contribution is 2.25. The van der Waals surface area contributed by atoms with E-state index in [1.54, 1.807) is 6.07 Å². The number of benzene rings is 1. The third kappa shape index (κ3) is 3.18. The number of aryl methyl sites for hydroxylation is 2. The number of amides is 1. The fourth-order valence-corrected chi connectivity index (χ4v) is 2.91. The average molecular weight is 275 g/mol. The van der Waals surface area contributed by atoms with Gasteiger partial charge in [0.05, 0.1) is 5.92 Å². The number of carboxylic acid groups (broad SMARTS) is 1. The number of rotatable bonds is 3. The average Bonchev–Trinajstić information content (AvgIpc) is 2.38. The highest BCUT2D eigenvalue weighted by molar-refractivity contribution is 5.96. The highest BCUT2D eigenvalue weighted by atomic mass is 16.4. The Labute approximate surface area is 119 Å². The predicted octanol–water partition coefficient (Wildman–Crippen LogP) is 2.68. The van der Waals surface area contributed by atoms with E-state index in [2.05, 4.69) is 5.32 Å². The van der Waals surface area contributed by atoms with Crippen LogP contribution in [0.4, 0.5) is 0 Å². The molecule has 2 atom stereocenters. The first-order valence-corrected chi connectivity index (χ1v) is 7.10. The molecule has 20 heavy (non-hydrogen) atoms. The Bertz CT molecular complexity index is 524. The summed E-state index contributed by atoms with van der Waals surface area (Å²) in [5, 5.41) is 12.1. The lowest BCUT2D eigenvalue weighted by atomic mass is 9.84. The Morgan fingerprint density at radius 2 is 1.90 bits per heavy atom. The van der Waals surface area contributed by atoms with Crippen LogP contribution in [0.1, 0.15) is 47.2 Å². The molecular formula is C16H21NO3. The number of aliphatic carboxylic acids is 1. The van der Waals surface area contributed by atoms with E-state index in [0.717, 1.165) is 30.4 Å². The Morgan fingerprint density at radius 1 is 1.20 bits per heavy atom. The van der Waals surface area contributed by atoms with E-state index in [-0.39, 0.29) is 11.9 Å². The molecule has 1 amide bonds. The second kappa shape index (κ2) is 6.07. The molecule has 1 aliphatic rings. The molecule has 0 spiro atoms. The maximum absolute atomic E-state index is 12.3. The summed E-state index contributed by atoms with van der Waals surface area (Å²) in [5.74, 6) is -1.44. The minimum absolute atomic E-state index is 0.166. The van der Waals surface area contributed by atoms with Crippen LogP contribution in [0, 0.1) is 19.8 Å². The molecule has 4 nitrogen and oxygen atoms in total. The summed E-state index contributed by atoms with van der Waals surface area (Å²) in [6.07, 6.45) is 3.29. The molecule has 1 saturated carbocycles. The van der Waals surface area contributed by atoms with Gasteiger partial charge in [-0.05, 0) is 38.3 Å². The smallest absolute Gasteiger partial charge is 0.308 e. The SMILES string of the molecule is Cc1ccc(C(=O)NC2CCCCC2C(=O)O)c(C)c1. The fraction of sp³-hybridized carbons (Fsp3) is 0.500. The lowest BCUT2D eigenvalue weighted by molar-refractivity contribution is -0.143. The third-order valence-corrected chi connectivity index (χ3v) is 4.03. The minimum Gasteiger partial charge on any atom is -0.481 e. The molecule has 0 saturated heterocycles. The van der Waals surface area contributed by atoms with Gasteiger partial charge in [-0.1, -0.05) is 30.5 Å². The van der Waals surface area contributed by atoms with Crippen molar-refractivity contribution >= 4 is 11.9 Å². The lowest BCUT2D eigenvalue weighted by Gasteiger charge is -2.29. The van der Waals surface area contributed by atoms with Crippen molar-refractivity contribution < 1.29 is 14.7 Å². The van der Waals surface area contributed by atoms with E-state index in [0.29, 0.717) is 12.0 Å². The van der Waals surface area contributed by atoms with Crippen LogP contribution >= 0.6 is 0 Å². The number of carbonyl (C=O) groups is 2. The molecule has 1 aromatic rings. The highest BCUT2D eigenvalue weighted by Gasteiger charge is 2.32. The standard InChI is InChI=1S/C16H21NO3/c1-10-7-8-12(11(2)9-10)15(18)17-14-6-4-3-5-13(14)16(19)20/h7-9,13-14H,3-6H2,1-2H3,(H,17,18)(H,19,20). The first-order chi connectivity index (χ1) is 9.49. The molecule has 0 radical (unpaired) electrons. The van der Waals surface area contributed by atoms with Gasteiger partial charge in [-0.25, -0.2) is 0 Å². The van der Waals surface area contributed by atoms with Crippen LogP contribution in [0.2, 0.25) is 0 Å². The van der Waals surface area contributed by atoms with E-state index in [1.165, 1.54) is 0 Å². The predicted molar refractivity (Wildman–Crippen MR) is 76.8 cm³/mol. The molecule has 4 heteroatoms. The molecule has 108 valence electrons. The zero-order chi connectivity index (χ0) is 14.7. The van der Waals surface area contributed by atoms with E-state index in [4.69, 9.17) is 0 Å². The molecular weight excluding hydrogens is 254 g/mol. The zero-order valence-electron chi connectivity index (χ0n) is 12.0. The fourth-order valence-electron chi connectivity index (χ4n) is 2.91. The topological polar surface area (TPSA) is 66.4 Å². The van der Waals surface area contributed by atoms with Gasteiger partial charge in [0.1, 0.15) is 0 Å². The Hall–Kier alpha value is -1.84. The van der Waals surface area contributed by atoms with Gasteiger partial charge < -0.3 is 10.4 Å². The second-order valence-electron chi connectivity index (χ2n) is 5.63. The third-order valence-electron chi connectivity index (χ3n) is 4.03. The monoisotopic (exact) mass is 275 g/mol. The molecule has 0 heterocycles. The van der Waals surface area contributed by atoms with Crippen molar-refractivity contribution in [2.24, 2.45) is 5.92 Å². The minimum atomic E-state index is -0.810. The van der Waals surface area contributed by atoms with E-state index >= 15 is 0 Å². The zero-order valence-corrected chi connectivity index (χ0v) is 12.0. The summed E-state index contributed by atoms with van der Waals surface area (Å²) in [6, 6.07) is 5.41. The van der Waals surface area contributed by atoms with Crippen LogP contribution in [0.3, 0.4) is 0 Å². The Kier molecular flexibility index (Phi) is 4.42. The summed E-state index contributed by atoms with van der Waals surface area (Å²) >= 11 is 0. The number of carboxylic acids is 1. The van der Waals surface area contributed by atoms with Gasteiger partial charge >= 0.3 is 5.97 Å². The van der Waals surface area contributed by atoms with Crippen LogP contribution in [-0.4, -0.2) is 23.0 Å².